The predicted octanol–water partition coefficient (Wildman–Crippen LogP) is 1.83. The van der Waals surface area contributed by atoms with Gasteiger partial charge in [0.25, 0.3) is 0 Å². The van der Waals surface area contributed by atoms with Crippen molar-refractivity contribution < 1.29 is 9.68 Å². The molecule has 0 aromatic heterocycles. The molecule has 0 bridgehead atoms. The van der Waals surface area contributed by atoms with Crippen LogP contribution in [0.3, 0.4) is 0 Å². The summed E-state index contributed by atoms with van der Waals surface area (Å²) in [5.74, 6) is 0. The summed E-state index contributed by atoms with van der Waals surface area (Å²) in [5.41, 5.74) is 1.83. The molecule has 0 atom stereocenters. The van der Waals surface area contributed by atoms with Crippen LogP contribution in [-0.2, 0) is 4.65 Å². The molecule has 80 valence electrons. The van der Waals surface area contributed by atoms with Crippen molar-refractivity contribution in [3.8, 4) is 0 Å². The van der Waals surface area contributed by atoms with Crippen LogP contribution in [0.1, 0.15) is 25.3 Å². The van der Waals surface area contributed by atoms with E-state index in [-0.39, 0.29) is 0 Å². The van der Waals surface area contributed by atoms with E-state index in [1.54, 1.807) is 6.08 Å². The summed E-state index contributed by atoms with van der Waals surface area (Å²) >= 11 is 0. The summed E-state index contributed by atoms with van der Waals surface area (Å²) in [5, 5.41) is 9.66. The average Bonchev–Trinajstić information content (AvgIpc) is 2.29. The van der Waals surface area contributed by atoms with Gasteiger partial charge in [-0.05, 0) is 17.4 Å². The summed E-state index contributed by atoms with van der Waals surface area (Å²) in [6, 6.07) is 7.53. The fourth-order valence-electron chi connectivity index (χ4n) is 1.23. The summed E-state index contributed by atoms with van der Waals surface area (Å²) in [4.78, 5) is 0. The molecule has 0 aliphatic rings. The molecular formula is C12H17BO2. The van der Waals surface area contributed by atoms with Gasteiger partial charge in [-0.2, -0.15) is 0 Å². The first-order valence-corrected chi connectivity index (χ1v) is 5.30. The molecule has 0 spiro atoms. The van der Waals surface area contributed by atoms with Gasteiger partial charge in [0.15, 0.2) is 0 Å². The molecule has 0 aliphatic carbocycles. The zero-order chi connectivity index (χ0) is 11.1. The van der Waals surface area contributed by atoms with E-state index in [0.717, 1.165) is 23.9 Å². The fourth-order valence-corrected chi connectivity index (χ4v) is 1.23. The van der Waals surface area contributed by atoms with Crippen LogP contribution in [0, 0.1) is 0 Å². The molecule has 3 heteroatoms. The van der Waals surface area contributed by atoms with Crippen molar-refractivity contribution in [2.24, 2.45) is 0 Å². The summed E-state index contributed by atoms with van der Waals surface area (Å²) in [7, 11) is -0.810. The van der Waals surface area contributed by atoms with Gasteiger partial charge in [-0.1, -0.05) is 50.3 Å². The first-order chi connectivity index (χ1) is 7.27. The Hall–Kier alpha value is -1.06. The Morgan fingerprint density at radius 3 is 2.60 bits per heavy atom. The molecule has 1 aromatic rings. The molecule has 1 aromatic carbocycles. The van der Waals surface area contributed by atoms with Gasteiger partial charge < -0.3 is 9.68 Å². The number of benzene rings is 1. The molecule has 0 aliphatic heterocycles. The van der Waals surface area contributed by atoms with Gasteiger partial charge in [0.1, 0.15) is 0 Å². The predicted molar refractivity (Wildman–Crippen MR) is 65.0 cm³/mol. The van der Waals surface area contributed by atoms with Crippen LogP contribution >= 0.6 is 0 Å². The van der Waals surface area contributed by atoms with E-state index in [4.69, 9.17) is 4.65 Å². The molecule has 15 heavy (non-hydrogen) atoms. The second kappa shape index (κ2) is 6.43. The Balaban J connectivity index is 2.50. The number of rotatable bonds is 6. The van der Waals surface area contributed by atoms with Crippen LogP contribution in [0.4, 0.5) is 0 Å². The standard InChI is InChI=1S/C12H17BO2/c1-3-5-10-15-13(14)12-8-6-11(4-2)7-9-12/h4,6-9,14H,2-3,5,10H2,1H3. The van der Waals surface area contributed by atoms with Crippen LogP contribution in [-0.4, -0.2) is 18.7 Å². The molecule has 1 N–H and O–H groups in total. The lowest BCUT2D eigenvalue weighted by molar-refractivity contribution is 0.264. The largest absolute Gasteiger partial charge is 0.491 e. The lowest BCUT2D eigenvalue weighted by Gasteiger charge is -2.07. The van der Waals surface area contributed by atoms with Gasteiger partial charge in [-0.3, -0.25) is 0 Å². The van der Waals surface area contributed by atoms with Crippen molar-refractivity contribution in [2.45, 2.75) is 19.8 Å². The molecule has 2 nitrogen and oxygen atoms in total. The van der Waals surface area contributed by atoms with Gasteiger partial charge in [0.05, 0.1) is 0 Å². The quantitative estimate of drug-likeness (QED) is 0.565. The number of hydrogen-bond acceptors (Lipinski definition) is 2. The zero-order valence-electron chi connectivity index (χ0n) is 9.15. The number of hydrogen-bond donors (Lipinski definition) is 1. The Bertz CT molecular complexity index is 295. The minimum absolute atomic E-state index is 0.598. The van der Waals surface area contributed by atoms with Gasteiger partial charge in [0, 0.05) is 6.61 Å². The second-order valence-electron chi connectivity index (χ2n) is 3.45. The maximum absolute atomic E-state index is 9.66. The van der Waals surface area contributed by atoms with Crippen LogP contribution in [0.15, 0.2) is 30.8 Å². The van der Waals surface area contributed by atoms with E-state index in [9.17, 15) is 5.02 Å². The lowest BCUT2D eigenvalue weighted by atomic mass is 9.79. The molecule has 0 heterocycles. The topological polar surface area (TPSA) is 29.5 Å². The molecule has 0 radical (unpaired) electrons. The van der Waals surface area contributed by atoms with Gasteiger partial charge >= 0.3 is 7.12 Å². The normalized spacial score (nSPS) is 10.0. The third-order valence-corrected chi connectivity index (χ3v) is 2.23. The first kappa shape index (κ1) is 12.0. The minimum atomic E-state index is -0.810. The Labute approximate surface area is 91.7 Å². The fraction of sp³-hybridized carbons (Fsp3) is 0.333. The van der Waals surface area contributed by atoms with Crippen molar-refractivity contribution in [1.29, 1.82) is 0 Å². The smallest absolute Gasteiger partial charge is 0.423 e. The van der Waals surface area contributed by atoms with Crippen molar-refractivity contribution in [3.05, 3.63) is 36.4 Å². The van der Waals surface area contributed by atoms with E-state index in [0.29, 0.717) is 6.61 Å². The maximum atomic E-state index is 9.66. The van der Waals surface area contributed by atoms with E-state index in [1.165, 1.54) is 0 Å². The highest BCUT2D eigenvalue weighted by molar-refractivity contribution is 6.59. The summed E-state index contributed by atoms with van der Waals surface area (Å²) < 4.78 is 5.27. The Morgan fingerprint density at radius 1 is 1.40 bits per heavy atom. The van der Waals surface area contributed by atoms with Crippen molar-refractivity contribution in [1.82, 2.24) is 0 Å². The zero-order valence-corrected chi connectivity index (χ0v) is 9.15. The van der Waals surface area contributed by atoms with Crippen molar-refractivity contribution in [2.75, 3.05) is 6.61 Å². The summed E-state index contributed by atoms with van der Waals surface area (Å²) in [6.07, 6.45) is 3.82. The Kier molecular flexibility index (Phi) is 5.15. The highest BCUT2D eigenvalue weighted by atomic mass is 16.5. The van der Waals surface area contributed by atoms with E-state index in [1.807, 2.05) is 24.3 Å². The molecular weight excluding hydrogens is 187 g/mol. The second-order valence-corrected chi connectivity index (χ2v) is 3.45. The third kappa shape index (κ3) is 3.90. The molecule has 1 rings (SSSR count). The van der Waals surface area contributed by atoms with E-state index < -0.39 is 7.12 Å². The molecule has 0 fully saturated rings. The highest BCUT2D eigenvalue weighted by Gasteiger charge is 2.15. The molecule has 0 unspecified atom stereocenters. The highest BCUT2D eigenvalue weighted by Crippen LogP contribution is 1.99. The molecule has 0 saturated heterocycles. The van der Waals surface area contributed by atoms with Crippen molar-refractivity contribution >= 4 is 18.7 Å². The lowest BCUT2D eigenvalue weighted by Crippen LogP contribution is -2.33. The number of unbranched alkanes of at least 4 members (excludes halogenated alkanes) is 1. The van der Waals surface area contributed by atoms with E-state index >= 15 is 0 Å². The molecule has 0 saturated carbocycles. The maximum Gasteiger partial charge on any atom is 0.491 e. The average molecular weight is 204 g/mol. The Morgan fingerprint density at radius 2 is 2.07 bits per heavy atom. The van der Waals surface area contributed by atoms with Crippen LogP contribution in [0.2, 0.25) is 0 Å². The van der Waals surface area contributed by atoms with Gasteiger partial charge in [-0.25, -0.2) is 0 Å². The van der Waals surface area contributed by atoms with Crippen molar-refractivity contribution in [3.63, 3.8) is 0 Å². The SMILES string of the molecule is C=Cc1ccc(B(O)OCCCC)cc1. The first-order valence-electron chi connectivity index (χ1n) is 5.30. The van der Waals surface area contributed by atoms with Gasteiger partial charge in [-0.15, -0.1) is 0 Å². The van der Waals surface area contributed by atoms with Crippen LogP contribution in [0.5, 0.6) is 0 Å². The third-order valence-electron chi connectivity index (χ3n) is 2.23. The van der Waals surface area contributed by atoms with Gasteiger partial charge in [0.2, 0.25) is 0 Å². The van der Waals surface area contributed by atoms with E-state index in [2.05, 4.69) is 13.5 Å². The summed E-state index contributed by atoms with van der Waals surface area (Å²) in [6.45, 7) is 6.36. The van der Waals surface area contributed by atoms with Crippen LogP contribution < -0.4 is 5.46 Å². The monoisotopic (exact) mass is 204 g/mol. The van der Waals surface area contributed by atoms with Crippen LogP contribution in [0.25, 0.3) is 6.08 Å². The molecule has 0 amide bonds. The minimum Gasteiger partial charge on any atom is -0.423 e.